The first-order chi connectivity index (χ1) is 14.2. The van der Waals surface area contributed by atoms with E-state index in [-0.39, 0.29) is 17.9 Å². The number of nitrogens with zero attached hydrogens (tertiary/aromatic N) is 2. The molecule has 1 aromatic carbocycles. The zero-order chi connectivity index (χ0) is 21.7. The predicted octanol–water partition coefficient (Wildman–Crippen LogP) is 3.30. The second-order valence-corrected chi connectivity index (χ2v) is 9.03. The van der Waals surface area contributed by atoms with Crippen molar-refractivity contribution in [3.8, 4) is 0 Å². The Balaban J connectivity index is 1.68. The van der Waals surface area contributed by atoms with Gasteiger partial charge < -0.3 is 19.9 Å². The minimum Gasteiger partial charge on any atom is -0.444 e. The fourth-order valence-corrected chi connectivity index (χ4v) is 3.79. The van der Waals surface area contributed by atoms with E-state index in [1.807, 2.05) is 56.5 Å². The summed E-state index contributed by atoms with van der Waals surface area (Å²) in [5.41, 5.74) is 0.163. The molecule has 0 saturated carbocycles. The summed E-state index contributed by atoms with van der Waals surface area (Å²) in [5, 5.41) is 4.70. The third kappa shape index (κ3) is 5.60. The van der Waals surface area contributed by atoms with E-state index < -0.39 is 11.6 Å². The number of carbonyl (C=O) groups is 3. The van der Waals surface area contributed by atoms with Crippen LogP contribution in [0.1, 0.15) is 42.0 Å². The molecule has 0 spiro atoms. The molecule has 1 saturated heterocycles. The molecule has 1 aliphatic rings. The van der Waals surface area contributed by atoms with E-state index in [1.165, 1.54) is 11.3 Å². The smallest absolute Gasteiger partial charge is 0.410 e. The van der Waals surface area contributed by atoms with Crippen LogP contribution in [-0.2, 0) is 9.53 Å². The van der Waals surface area contributed by atoms with Crippen molar-refractivity contribution in [1.82, 2.24) is 15.1 Å². The second-order valence-electron chi connectivity index (χ2n) is 8.09. The van der Waals surface area contributed by atoms with Crippen molar-refractivity contribution in [1.29, 1.82) is 0 Å². The Morgan fingerprint density at radius 1 is 0.967 bits per heavy atom. The van der Waals surface area contributed by atoms with E-state index in [9.17, 15) is 14.4 Å². The zero-order valence-electron chi connectivity index (χ0n) is 17.5. The lowest BCUT2D eigenvalue weighted by Crippen LogP contribution is -2.54. The summed E-state index contributed by atoms with van der Waals surface area (Å²) in [6, 6.07) is 11.9. The Hall–Kier alpha value is -2.87. The van der Waals surface area contributed by atoms with Crippen molar-refractivity contribution < 1.29 is 19.1 Å². The second kappa shape index (κ2) is 9.30. The quantitative estimate of drug-likeness (QED) is 0.809. The average Bonchev–Trinajstić information content (AvgIpc) is 3.26. The highest BCUT2D eigenvalue weighted by Gasteiger charge is 2.32. The molecule has 1 aromatic heterocycles. The molecule has 0 radical (unpaired) electrons. The van der Waals surface area contributed by atoms with Crippen LogP contribution in [0.2, 0.25) is 0 Å². The molecule has 1 aliphatic heterocycles. The molecule has 7 nitrogen and oxygen atoms in total. The lowest BCUT2D eigenvalue weighted by Gasteiger charge is -2.37. The minimum atomic E-state index is -0.783. The van der Waals surface area contributed by atoms with Crippen LogP contribution in [0.25, 0.3) is 0 Å². The number of ether oxygens (including phenoxy) is 1. The van der Waals surface area contributed by atoms with E-state index in [1.54, 1.807) is 21.9 Å². The van der Waals surface area contributed by atoms with Crippen LogP contribution in [0.5, 0.6) is 0 Å². The molecular weight excluding hydrogens is 402 g/mol. The number of hydrogen-bond acceptors (Lipinski definition) is 5. The van der Waals surface area contributed by atoms with Gasteiger partial charge in [-0.15, -0.1) is 11.3 Å². The molecule has 2 aromatic rings. The summed E-state index contributed by atoms with van der Waals surface area (Å²) in [7, 11) is 0. The monoisotopic (exact) mass is 429 g/mol. The van der Waals surface area contributed by atoms with E-state index in [4.69, 9.17) is 4.74 Å². The number of thiophene rings is 1. The molecule has 0 bridgehead atoms. The minimum absolute atomic E-state index is 0.185. The van der Waals surface area contributed by atoms with Crippen molar-refractivity contribution in [2.45, 2.75) is 32.4 Å². The summed E-state index contributed by atoms with van der Waals surface area (Å²) in [4.78, 5) is 42.0. The van der Waals surface area contributed by atoms with E-state index in [0.717, 1.165) is 5.56 Å². The molecule has 1 N–H and O–H groups in total. The van der Waals surface area contributed by atoms with Gasteiger partial charge in [-0.1, -0.05) is 36.4 Å². The van der Waals surface area contributed by atoms with Crippen molar-refractivity contribution >= 4 is 29.2 Å². The van der Waals surface area contributed by atoms with E-state index in [2.05, 4.69) is 5.32 Å². The fourth-order valence-electron chi connectivity index (χ4n) is 3.16. The van der Waals surface area contributed by atoms with Crippen LogP contribution in [0.3, 0.4) is 0 Å². The molecule has 8 heteroatoms. The normalized spacial score (nSPS) is 15.4. The van der Waals surface area contributed by atoms with Gasteiger partial charge >= 0.3 is 6.09 Å². The number of piperazine rings is 1. The van der Waals surface area contributed by atoms with Crippen LogP contribution in [-0.4, -0.2) is 59.5 Å². The van der Waals surface area contributed by atoms with Gasteiger partial charge in [0, 0.05) is 26.2 Å². The maximum absolute atomic E-state index is 13.3. The SMILES string of the molecule is CC(C)(C)OC(=O)N1CCN(C(=O)[C@@H](NC(=O)c2cccs2)c2ccccc2)CC1. The first-order valence-electron chi connectivity index (χ1n) is 9.90. The van der Waals surface area contributed by atoms with Gasteiger partial charge in [-0.25, -0.2) is 4.79 Å². The topological polar surface area (TPSA) is 79.0 Å². The molecule has 0 unspecified atom stereocenters. The number of nitrogens with one attached hydrogen (secondary N) is 1. The van der Waals surface area contributed by atoms with Crippen molar-refractivity contribution in [2.24, 2.45) is 0 Å². The molecule has 0 aliphatic carbocycles. The molecule has 30 heavy (non-hydrogen) atoms. The van der Waals surface area contributed by atoms with Gasteiger partial charge in [-0.2, -0.15) is 0 Å². The molecule has 160 valence electrons. The fraction of sp³-hybridized carbons (Fsp3) is 0.409. The van der Waals surface area contributed by atoms with Gasteiger partial charge in [0.05, 0.1) is 4.88 Å². The van der Waals surface area contributed by atoms with Crippen molar-refractivity contribution in [3.05, 3.63) is 58.3 Å². The Morgan fingerprint density at radius 3 is 2.17 bits per heavy atom. The first kappa shape index (κ1) is 21.8. The van der Waals surface area contributed by atoms with Gasteiger partial charge in [-0.05, 0) is 37.8 Å². The Kier molecular flexibility index (Phi) is 6.77. The number of rotatable bonds is 4. The van der Waals surface area contributed by atoms with Crippen LogP contribution >= 0.6 is 11.3 Å². The molecule has 3 amide bonds. The highest BCUT2D eigenvalue weighted by molar-refractivity contribution is 7.12. The largest absolute Gasteiger partial charge is 0.444 e. The highest BCUT2D eigenvalue weighted by atomic mass is 32.1. The number of benzene rings is 1. The van der Waals surface area contributed by atoms with Gasteiger partial charge in [0.1, 0.15) is 11.6 Å². The van der Waals surface area contributed by atoms with Gasteiger partial charge in [-0.3, -0.25) is 9.59 Å². The molecular formula is C22H27N3O4S. The van der Waals surface area contributed by atoms with Gasteiger partial charge in [0.15, 0.2) is 0 Å². The average molecular weight is 430 g/mol. The summed E-state index contributed by atoms with van der Waals surface area (Å²) in [5.74, 6) is -0.463. The van der Waals surface area contributed by atoms with E-state index in [0.29, 0.717) is 31.1 Å². The van der Waals surface area contributed by atoms with Crippen molar-refractivity contribution in [3.63, 3.8) is 0 Å². The summed E-state index contributed by atoms with van der Waals surface area (Å²) in [6.07, 6.45) is -0.375. The number of amides is 3. The lowest BCUT2D eigenvalue weighted by molar-refractivity contribution is -0.135. The third-order valence-electron chi connectivity index (χ3n) is 4.64. The lowest BCUT2D eigenvalue weighted by atomic mass is 10.0. The molecule has 3 rings (SSSR count). The van der Waals surface area contributed by atoms with Crippen LogP contribution in [0.15, 0.2) is 47.8 Å². The van der Waals surface area contributed by atoms with Gasteiger partial charge in [0.2, 0.25) is 5.91 Å². The first-order valence-corrected chi connectivity index (χ1v) is 10.8. The Labute approximate surface area is 180 Å². The third-order valence-corrected chi connectivity index (χ3v) is 5.51. The maximum atomic E-state index is 13.3. The van der Waals surface area contributed by atoms with Gasteiger partial charge in [0.25, 0.3) is 5.91 Å². The standard InChI is InChI=1S/C22H27N3O4S/c1-22(2,3)29-21(28)25-13-11-24(12-14-25)20(27)18(16-8-5-4-6-9-16)23-19(26)17-10-7-15-30-17/h4-10,15,18H,11-14H2,1-3H3,(H,23,26)/t18-/m0/s1. The van der Waals surface area contributed by atoms with E-state index >= 15 is 0 Å². The molecule has 1 fully saturated rings. The number of hydrogen-bond donors (Lipinski definition) is 1. The highest BCUT2D eigenvalue weighted by Crippen LogP contribution is 2.20. The zero-order valence-corrected chi connectivity index (χ0v) is 18.3. The maximum Gasteiger partial charge on any atom is 0.410 e. The molecule has 2 heterocycles. The van der Waals surface area contributed by atoms with Crippen LogP contribution < -0.4 is 5.32 Å². The van der Waals surface area contributed by atoms with Crippen LogP contribution in [0, 0.1) is 0 Å². The predicted molar refractivity (Wildman–Crippen MR) is 115 cm³/mol. The number of carbonyl (C=O) groups excluding carboxylic acids is 3. The van der Waals surface area contributed by atoms with Crippen molar-refractivity contribution in [2.75, 3.05) is 26.2 Å². The summed E-state index contributed by atoms with van der Waals surface area (Å²) >= 11 is 1.33. The Morgan fingerprint density at radius 2 is 1.60 bits per heavy atom. The summed E-state index contributed by atoms with van der Waals surface area (Å²) in [6.45, 7) is 7.02. The Bertz CT molecular complexity index is 870. The van der Waals surface area contributed by atoms with Crippen LogP contribution in [0.4, 0.5) is 4.79 Å². The molecule has 1 atom stereocenters. The summed E-state index contributed by atoms with van der Waals surface area (Å²) < 4.78 is 5.41.